The summed E-state index contributed by atoms with van der Waals surface area (Å²) in [6, 6.07) is 14.5. The molecule has 0 spiro atoms. The lowest BCUT2D eigenvalue weighted by atomic mass is 10.0. The third-order valence-electron chi connectivity index (χ3n) is 5.20. The van der Waals surface area contributed by atoms with Crippen molar-refractivity contribution in [2.45, 2.75) is 6.10 Å². The Hall–Kier alpha value is -3.69. The highest BCUT2D eigenvalue weighted by molar-refractivity contribution is 7.13. The van der Waals surface area contributed by atoms with Gasteiger partial charge in [-0.3, -0.25) is 19.9 Å². The molecule has 9 heteroatoms. The van der Waals surface area contributed by atoms with Gasteiger partial charge in [0.25, 0.3) is 11.8 Å². The van der Waals surface area contributed by atoms with E-state index in [9.17, 15) is 9.59 Å². The van der Waals surface area contributed by atoms with Gasteiger partial charge in [0.2, 0.25) is 0 Å². The Bertz CT molecular complexity index is 1260. The number of aromatic nitrogens is 3. The number of para-hydroxylation sites is 1. The quantitative estimate of drug-likeness (QED) is 0.516. The number of hydrogen-bond acceptors (Lipinski definition) is 7. The van der Waals surface area contributed by atoms with Crippen LogP contribution in [0, 0.1) is 0 Å². The predicted molar refractivity (Wildman–Crippen MR) is 121 cm³/mol. The van der Waals surface area contributed by atoms with E-state index in [4.69, 9.17) is 9.72 Å². The van der Waals surface area contributed by atoms with Crippen LogP contribution >= 0.6 is 11.3 Å². The maximum absolute atomic E-state index is 13.0. The Morgan fingerprint density at radius 1 is 1.09 bits per heavy atom. The molecule has 1 fully saturated rings. The van der Waals surface area contributed by atoms with Crippen molar-refractivity contribution in [2.24, 2.45) is 0 Å². The Kier molecular flexibility index (Phi) is 5.57. The maximum Gasteiger partial charge on any atom is 0.272 e. The zero-order valence-corrected chi connectivity index (χ0v) is 17.8. The van der Waals surface area contributed by atoms with E-state index in [-0.39, 0.29) is 11.8 Å². The molecule has 4 aromatic rings. The number of carbonyl (C=O) groups excluding carboxylic acids is 2. The smallest absolute Gasteiger partial charge is 0.272 e. The van der Waals surface area contributed by atoms with Crippen molar-refractivity contribution in [3.63, 3.8) is 0 Å². The number of anilines is 1. The average Bonchev–Trinajstić information content (AvgIpc) is 3.36. The lowest BCUT2D eigenvalue weighted by Gasteiger charge is -2.32. The van der Waals surface area contributed by atoms with Crippen LogP contribution in [0.2, 0.25) is 0 Å². The topological polar surface area (TPSA) is 97.3 Å². The van der Waals surface area contributed by atoms with Gasteiger partial charge >= 0.3 is 0 Å². The van der Waals surface area contributed by atoms with Crippen LogP contribution in [0.5, 0.6) is 0 Å². The van der Waals surface area contributed by atoms with Crippen LogP contribution in [-0.2, 0) is 4.74 Å². The van der Waals surface area contributed by atoms with Gasteiger partial charge in [0.05, 0.1) is 29.9 Å². The molecule has 32 heavy (non-hydrogen) atoms. The Balaban J connectivity index is 1.46. The van der Waals surface area contributed by atoms with Gasteiger partial charge in [-0.15, -0.1) is 11.3 Å². The number of amides is 2. The fourth-order valence-corrected chi connectivity index (χ4v) is 4.19. The van der Waals surface area contributed by atoms with Crippen molar-refractivity contribution < 1.29 is 14.3 Å². The fraction of sp³-hybridized carbons (Fsp3) is 0.174. The number of nitrogens with one attached hydrogen (secondary N) is 1. The lowest BCUT2D eigenvalue weighted by molar-refractivity contribution is -0.0248. The van der Waals surface area contributed by atoms with Gasteiger partial charge < -0.3 is 9.64 Å². The molecule has 1 aliphatic rings. The van der Waals surface area contributed by atoms with Crippen LogP contribution < -0.4 is 5.32 Å². The summed E-state index contributed by atoms with van der Waals surface area (Å²) < 4.78 is 5.95. The minimum atomic E-state index is -0.451. The normalized spacial score (nSPS) is 16.1. The van der Waals surface area contributed by atoms with Crippen molar-refractivity contribution in [3.8, 4) is 0 Å². The first kappa shape index (κ1) is 20.2. The zero-order valence-electron chi connectivity index (χ0n) is 17.0. The summed E-state index contributed by atoms with van der Waals surface area (Å²) in [4.78, 5) is 40.6. The zero-order chi connectivity index (χ0) is 21.9. The van der Waals surface area contributed by atoms with Crippen molar-refractivity contribution in [1.29, 1.82) is 0 Å². The number of ether oxygens (including phenoxy) is 1. The van der Waals surface area contributed by atoms with E-state index in [1.807, 2.05) is 24.3 Å². The van der Waals surface area contributed by atoms with Crippen LogP contribution in [-0.4, -0.2) is 51.4 Å². The molecule has 160 valence electrons. The van der Waals surface area contributed by atoms with Gasteiger partial charge in [0, 0.05) is 29.7 Å². The number of morpholine rings is 1. The molecule has 1 aromatic carbocycles. The number of thiazole rings is 1. The van der Waals surface area contributed by atoms with E-state index in [0.717, 1.165) is 5.39 Å². The van der Waals surface area contributed by atoms with E-state index in [1.165, 1.54) is 11.3 Å². The van der Waals surface area contributed by atoms with E-state index >= 15 is 0 Å². The molecule has 0 saturated carbocycles. The van der Waals surface area contributed by atoms with Crippen LogP contribution in [0.15, 0.2) is 66.3 Å². The second-order valence-electron chi connectivity index (χ2n) is 7.23. The Morgan fingerprint density at radius 2 is 1.97 bits per heavy atom. The van der Waals surface area contributed by atoms with Gasteiger partial charge in [0.1, 0.15) is 11.8 Å². The third-order valence-corrected chi connectivity index (χ3v) is 5.89. The summed E-state index contributed by atoms with van der Waals surface area (Å²) >= 11 is 1.35. The molecule has 5 rings (SSSR count). The van der Waals surface area contributed by atoms with Crippen LogP contribution in [0.4, 0.5) is 5.13 Å². The number of carbonyl (C=O) groups is 2. The Labute approximate surface area is 187 Å². The van der Waals surface area contributed by atoms with Gasteiger partial charge in [-0.25, -0.2) is 9.97 Å². The molecule has 1 aliphatic heterocycles. The summed E-state index contributed by atoms with van der Waals surface area (Å²) in [7, 11) is 0. The number of nitrogens with zero attached hydrogens (tertiary/aromatic N) is 4. The molecule has 2 amide bonds. The van der Waals surface area contributed by atoms with E-state index < -0.39 is 6.10 Å². The summed E-state index contributed by atoms with van der Waals surface area (Å²) in [5.41, 5.74) is 2.17. The molecule has 4 heterocycles. The van der Waals surface area contributed by atoms with Gasteiger partial charge in [-0.05, 0) is 24.3 Å². The molecule has 1 N–H and O–H groups in total. The summed E-state index contributed by atoms with van der Waals surface area (Å²) in [6.07, 6.45) is 2.79. The molecule has 8 nitrogen and oxygen atoms in total. The minimum Gasteiger partial charge on any atom is -0.368 e. The third kappa shape index (κ3) is 4.08. The first-order chi connectivity index (χ1) is 15.7. The van der Waals surface area contributed by atoms with Crippen LogP contribution in [0.3, 0.4) is 0 Å². The molecule has 3 aromatic heterocycles. The SMILES string of the molecule is O=C(Nc1nccs1)c1cc([C@H]2CN(C(=O)c3ccccn3)CCO2)nc2ccccc12. The molecule has 1 saturated heterocycles. The summed E-state index contributed by atoms with van der Waals surface area (Å²) in [6.45, 7) is 1.17. The monoisotopic (exact) mass is 445 g/mol. The second-order valence-corrected chi connectivity index (χ2v) is 8.12. The first-order valence-electron chi connectivity index (χ1n) is 10.1. The van der Waals surface area contributed by atoms with E-state index in [0.29, 0.717) is 47.3 Å². The highest BCUT2D eigenvalue weighted by Crippen LogP contribution is 2.27. The molecular weight excluding hydrogens is 426 g/mol. The summed E-state index contributed by atoms with van der Waals surface area (Å²) in [5.74, 6) is -0.418. The second kappa shape index (κ2) is 8.81. The van der Waals surface area contributed by atoms with Crippen molar-refractivity contribution in [2.75, 3.05) is 25.0 Å². The number of pyridine rings is 2. The predicted octanol–water partition coefficient (Wildman–Crippen LogP) is 3.55. The highest BCUT2D eigenvalue weighted by atomic mass is 32.1. The first-order valence-corrected chi connectivity index (χ1v) is 11.0. The largest absolute Gasteiger partial charge is 0.368 e. The molecule has 1 atom stereocenters. The standard InChI is InChI=1S/C23H19N5O3S/c29-21(27-23-25-9-12-32-23)16-13-19(26-17-6-2-1-5-15(16)17)20-14-28(10-11-31-20)22(30)18-7-3-4-8-24-18/h1-9,12-13,20H,10-11,14H2,(H,25,27,29)/t20-/m1/s1. The van der Waals surface area contributed by atoms with Crippen molar-refractivity contribution in [1.82, 2.24) is 19.9 Å². The molecule has 0 radical (unpaired) electrons. The van der Waals surface area contributed by atoms with E-state index in [1.54, 1.807) is 46.9 Å². The van der Waals surface area contributed by atoms with Crippen LogP contribution in [0.1, 0.15) is 32.6 Å². The maximum atomic E-state index is 13.0. The average molecular weight is 446 g/mol. The lowest BCUT2D eigenvalue weighted by Crippen LogP contribution is -2.42. The van der Waals surface area contributed by atoms with E-state index in [2.05, 4.69) is 15.3 Å². The fourth-order valence-electron chi connectivity index (χ4n) is 3.66. The number of benzene rings is 1. The number of fused-ring (bicyclic) bond motifs is 1. The summed E-state index contributed by atoms with van der Waals surface area (Å²) in [5, 5.41) is 5.90. The molecular formula is C23H19N5O3S. The number of rotatable bonds is 4. The molecule has 0 aliphatic carbocycles. The molecule has 0 bridgehead atoms. The molecule has 0 unspecified atom stereocenters. The highest BCUT2D eigenvalue weighted by Gasteiger charge is 2.28. The van der Waals surface area contributed by atoms with Gasteiger partial charge in [-0.2, -0.15) is 0 Å². The van der Waals surface area contributed by atoms with Crippen LogP contribution in [0.25, 0.3) is 10.9 Å². The van der Waals surface area contributed by atoms with Gasteiger partial charge in [-0.1, -0.05) is 24.3 Å². The number of hydrogen-bond donors (Lipinski definition) is 1. The Morgan fingerprint density at radius 3 is 2.78 bits per heavy atom. The van der Waals surface area contributed by atoms with Crippen molar-refractivity contribution >= 4 is 39.2 Å². The van der Waals surface area contributed by atoms with Gasteiger partial charge in [0.15, 0.2) is 5.13 Å². The minimum absolute atomic E-state index is 0.151. The van der Waals surface area contributed by atoms with Crippen molar-refractivity contribution in [3.05, 3.63) is 83.3 Å².